The molecule has 2 N–H and O–H groups in total. The van der Waals surface area contributed by atoms with Crippen LogP contribution in [0.3, 0.4) is 0 Å². The van der Waals surface area contributed by atoms with Gasteiger partial charge in [-0.2, -0.15) is 11.3 Å². The van der Waals surface area contributed by atoms with Crippen LogP contribution in [0.5, 0.6) is 0 Å². The number of hydrogen-bond acceptors (Lipinski definition) is 4. The first-order valence-electron chi connectivity index (χ1n) is 10.4. The molecule has 1 aromatic heterocycles. The van der Waals surface area contributed by atoms with E-state index in [0.29, 0.717) is 6.54 Å². The van der Waals surface area contributed by atoms with Gasteiger partial charge in [-0.15, -0.1) is 0 Å². The number of likely N-dealkylation sites (tertiary alicyclic amines) is 1. The topological polar surface area (TPSA) is 61.4 Å². The van der Waals surface area contributed by atoms with Gasteiger partial charge >= 0.3 is 11.8 Å². The van der Waals surface area contributed by atoms with Gasteiger partial charge in [-0.3, -0.25) is 14.5 Å². The normalized spacial score (nSPS) is 16.1. The Morgan fingerprint density at radius 1 is 1.03 bits per heavy atom. The maximum absolute atomic E-state index is 12.5. The molecule has 0 bridgehead atoms. The average Bonchev–Trinajstić information content (AvgIpc) is 3.07. The third kappa shape index (κ3) is 5.67. The lowest BCUT2D eigenvalue weighted by Crippen LogP contribution is -2.42. The Bertz CT molecular complexity index is 817. The zero-order valence-electron chi connectivity index (χ0n) is 17.6. The molecule has 5 nitrogen and oxygen atoms in total. The molecule has 0 radical (unpaired) electrons. The average molecular weight is 414 g/mol. The van der Waals surface area contributed by atoms with Gasteiger partial charge in [0.15, 0.2) is 0 Å². The predicted octanol–water partition coefficient (Wildman–Crippen LogP) is 4.35. The second-order valence-electron chi connectivity index (χ2n) is 7.96. The van der Waals surface area contributed by atoms with Crippen LogP contribution in [0.1, 0.15) is 54.0 Å². The highest BCUT2D eigenvalue weighted by molar-refractivity contribution is 7.08. The van der Waals surface area contributed by atoms with Crippen molar-refractivity contribution in [3.63, 3.8) is 0 Å². The van der Waals surface area contributed by atoms with Gasteiger partial charge in [0.25, 0.3) is 0 Å². The summed E-state index contributed by atoms with van der Waals surface area (Å²) in [4.78, 5) is 27.5. The summed E-state index contributed by atoms with van der Waals surface area (Å²) in [6.07, 6.45) is 4.88. The number of amides is 2. The molecule has 2 aromatic rings. The summed E-state index contributed by atoms with van der Waals surface area (Å²) in [5.41, 5.74) is 4.99. The Kier molecular flexibility index (Phi) is 7.45. The Morgan fingerprint density at radius 2 is 1.69 bits per heavy atom. The van der Waals surface area contributed by atoms with Crippen LogP contribution in [0.25, 0.3) is 0 Å². The summed E-state index contributed by atoms with van der Waals surface area (Å²) in [5, 5.41) is 9.87. The third-order valence-corrected chi connectivity index (χ3v) is 6.29. The lowest BCUT2D eigenvalue weighted by molar-refractivity contribution is -0.136. The van der Waals surface area contributed by atoms with E-state index in [1.54, 1.807) is 11.3 Å². The Hall–Kier alpha value is -2.18. The van der Waals surface area contributed by atoms with Crippen LogP contribution in [-0.2, 0) is 9.59 Å². The van der Waals surface area contributed by atoms with Crippen molar-refractivity contribution >= 4 is 28.8 Å². The standard InChI is InChI=1S/C23H31N3O2S/c1-16-12-17(2)21(18(3)13-16)25-23(28)22(27)24-14-20(19-8-11-29-15-19)26-9-6-4-5-7-10-26/h8,11-13,15,20H,4-7,9-10,14H2,1-3H3,(H,24,27)(H,25,28). The highest BCUT2D eigenvalue weighted by Crippen LogP contribution is 2.26. The molecule has 156 valence electrons. The van der Waals surface area contributed by atoms with Gasteiger partial charge in [0.1, 0.15) is 0 Å². The molecule has 0 saturated carbocycles. The molecule has 1 aromatic carbocycles. The van der Waals surface area contributed by atoms with Gasteiger partial charge in [0.05, 0.1) is 6.04 Å². The lowest BCUT2D eigenvalue weighted by atomic mass is 10.1. The summed E-state index contributed by atoms with van der Waals surface area (Å²) in [5.74, 6) is -1.19. The number of thiophene rings is 1. The zero-order chi connectivity index (χ0) is 20.8. The molecular weight excluding hydrogens is 382 g/mol. The number of carbonyl (C=O) groups excluding carboxylic acids is 2. The van der Waals surface area contributed by atoms with Crippen molar-refractivity contribution in [2.24, 2.45) is 0 Å². The number of benzene rings is 1. The second kappa shape index (κ2) is 10.0. The van der Waals surface area contributed by atoms with Crippen molar-refractivity contribution < 1.29 is 9.59 Å². The Balaban J connectivity index is 1.64. The highest BCUT2D eigenvalue weighted by Gasteiger charge is 2.24. The van der Waals surface area contributed by atoms with Crippen LogP contribution in [0.2, 0.25) is 0 Å². The fourth-order valence-corrected chi connectivity index (χ4v) is 4.85. The van der Waals surface area contributed by atoms with E-state index in [0.717, 1.165) is 35.5 Å². The molecule has 1 atom stereocenters. The number of rotatable bonds is 5. The fourth-order valence-electron chi connectivity index (χ4n) is 4.15. The van der Waals surface area contributed by atoms with Crippen molar-refractivity contribution in [1.82, 2.24) is 10.2 Å². The second-order valence-corrected chi connectivity index (χ2v) is 8.74. The Labute approximate surface area is 177 Å². The molecule has 1 aliphatic heterocycles. The van der Waals surface area contributed by atoms with Crippen LogP contribution in [0.15, 0.2) is 29.0 Å². The van der Waals surface area contributed by atoms with Crippen molar-refractivity contribution in [2.45, 2.75) is 52.5 Å². The van der Waals surface area contributed by atoms with E-state index >= 15 is 0 Å². The van der Waals surface area contributed by atoms with Crippen molar-refractivity contribution in [1.29, 1.82) is 0 Å². The van der Waals surface area contributed by atoms with Gasteiger partial charge in [-0.1, -0.05) is 30.5 Å². The van der Waals surface area contributed by atoms with Crippen LogP contribution >= 0.6 is 11.3 Å². The van der Waals surface area contributed by atoms with E-state index < -0.39 is 11.8 Å². The van der Waals surface area contributed by atoms with Crippen LogP contribution < -0.4 is 10.6 Å². The van der Waals surface area contributed by atoms with E-state index in [1.807, 2.05) is 32.9 Å². The number of anilines is 1. The van der Waals surface area contributed by atoms with Crippen LogP contribution in [0, 0.1) is 20.8 Å². The maximum atomic E-state index is 12.5. The summed E-state index contributed by atoms with van der Waals surface area (Å²) in [6, 6.07) is 6.24. The van der Waals surface area contributed by atoms with Gasteiger partial charge in [0, 0.05) is 12.2 Å². The number of hydrogen-bond donors (Lipinski definition) is 2. The summed E-state index contributed by atoms with van der Waals surface area (Å²) in [7, 11) is 0. The minimum atomic E-state index is -0.611. The van der Waals surface area contributed by atoms with E-state index in [9.17, 15) is 9.59 Å². The first-order chi connectivity index (χ1) is 14.0. The molecule has 6 heteroatoms. The van der Waals surface area contributed by atoms with Crippen LogP contribution in [0.4, 0.5) is 5.69 Å². The summed E-state index contributed by atoms with van der Waals surface area (Å²) >= 11 is 1.67. The number of nitrogens with one attached hydrogen (secondary N) is 2. The maximum Gasteiger partial charge on any atom is 0.313 e. The fraction of sp³-hybridized carbons (Fsp3) is 0.478. The van der Waals surface area contributed by atoms with Crippen molar-refractivity contribution in [3.05, 3.63) is 51.2 Å². The molecule has 1 aliphatic rings. The lowest BCUT2D eigenvalue weighted by Gasteiger charge is -2.30. The van der Waals surface area contributed by atoms with Gasteiger partial charge in [0.2, 0.25) is 0 Å². The molecular formula is C23H31N3O2S. The molecule has 2 amide bonds. The first-order valence-corrected chi connectivity index (χ1v) is 11.3. The van der Waals surface area contributed by atoms with Crippen LogP contribution in [-0.4, -0.2) is 36.3 Å². The molecule has 29 heavy (non-hydrogen) atoms. The monoisotopic (exact) mass is 413 g/mol. The molecule has 0 spiro atoms. The third-order valence-electron chi connectivity index (χ3n) is 5.59. The smallest absolute Gasteiger partial charge is 0.313 e. The van der Waals surface area contributed by atoms with Gasteiger partial charge in [-0.25, -0.2) is 0 Å². The number of carbonyl (C=O) groups is 2. The van der Waals surface area contributed by atoms with Crippen molar-refractivity contribution in [2.75, 3.05) is 25.0 Å². The molecule has 1 unspecified atom stereocenters. The van der Waals surface area contributed by atoms with Gasteiger partial charge in [-0.05, 0) is 80.2 Å². The van der Waals surface area contributed by atoms with E-state index in [2.05, 4.69) is 32.4 Å². The number of aryl methyl sites for hydroxylation is 3. The molecule has 0 aliphatic carbocycles. The molecule has 1 saturated heterocycles. The summed E-state index contributed by atoms with van der Waals surface area (Å²) < 4.78 is 0. The predicted molar refractivity (Wildman–Crippen MR) is 119 cm³/mol. The summed E-state index contributed by atoms with van der Waals surface area (Å²) in [6.45, 7) is 8.41. The highest BCUT2D eigenvalue weighted by atomic mass is 32.1. The Morgan fingerprint density at radius 3 is 2.28 bits per heavy atom. The molecule has 3 rings (SSSR count). The van der Waals surface area contributed by atoms with Gasteiger partial charge < -0.3 is 10.6 Å². The zero-order valence-corrected chi connectivity index (χ0v) is 18.4. The quantitative estimate of drug-likeness (QED) is 0.717. The van der Waals surface area contributed by atoms with E-state index in [4.69, 9.17) is 0 Å². The minimum Gasteiger partial charge on any atom is -0.346 e. The minimum absolute atomic E-state index is 0.110. The van der Waals surface area contributed by atoms with Crippen molar-refractivity contribution in [3.8, 4) is 0 Å². The van der Waals surface area contributed by atoms with E-state index in [-0.39, 0.29) is 6.04 Å². The SMILES string of the molecule is Cc1cc(C)c(NC(=O)C(=O)NCC(c2ccsc2)N2CCCCCC2)c(C)c1. The molecule has 1 fully saturated rings. The largest absolute Gasteiger partial charge is 0.346 e. The molecule has 2 heterocycles. The van der Waals surface area contributed by atoms with E-state index in [1.165, 1.54) is 31.2 Å². The first kappa shape index (κ1) is 21.5. The number of nitrogens with zero attached hydrogens (tertiary/aromatic N) is 1.